The van der Waals surface area contributed by atoms with Crippen LogP contribution in [0.4, 0.5) is 0 Å². The molecule has 0 atom stereocenters. The zero-order valence-corrected chi connectivity index (χ0v) is 41.0. The van der Waals surface area contributed by atoms with Crippen LogP contribution in [-0.4, -0.2) is 18.5 Å². The van der Waals surface area contributed by atoms with Crippen LogP contribution in [0.1, 0.15) is 20.8 Å². The topological polar surface area (TPSA) is 0 Å². The van der Waals surface area contributed by atoms with E-state index in [0.29, 0.717) is 0 Å². The SMILES string of the molecule is CC[P+](c1ccccc1)(c1ccccc1)c1ccccc1.CC[P+](c1ccccc1)(c1ccccc1)c1ccccc1.CC[P+](c1ccccc1)(c1ccccc1)c1ccccc1.[P-3]. The molecule has 320 valence electrons. The summed E-state index contributed by atoms with van der Waals surface area (Å²) in [6.45, 7) is 6.96. The summed E-state index contributed by atoms with van der Waals surface area (Å²) < 4.78 is 0. The van der Waals surface area contributed by atoms with Crippen LogP contribution in [0.5, 0.6) is 0 Å². The predicted molar refractivity (Wildman–Crippen MR) is 294 cm³/mol. The smallest absolute Gasteiger partial charge is 0.111 e. The first-order valence-corrected chi connectivity index (χ1v) is 28.2. The molecule has 64 heavy (non-hydrogen) atoms. The molecule has 0 aliphatic carbocycles. The molecule has 0 aromatic heterocycles. The van der Waals surface area contributed by atoms with E-state index in [1.165, 1.54) is 47.7 Å². The molecule has 0 unspecified atom stereocenters. The maximum atomic E-state index is 2.32. The van der Waals surface area contributed by atoms with Crippen molar-refractivity contribution < 1.29 is 0 Å². The van der Waals surface area contributed by atoms with Crippen molar-refractivity contribution in [3.05, 3.63) is 273 Å². The predicted octanol–water partition coefficient (Wildman–Crippen LogP) is 12.9. The van der Waals surface area contributed by atoms with E-state index in [-0.39, 0.29) is 9.90 Å². The van der Waals surface area contributed by atoms with Gasteiger partial charge in [-0.05, 0) is 130 Å². The molecule has 0 saturated carbocycles. The van der Waals surface area contributed by atoms with Crippen molar-refractivity contribution in [2.24, 2.45) is 0 Å². The van der Waals surface area contributed by atoms with Crippen molar-refractivity contribution in [2.75, 3.05) is 18.5 Å². The van der Waals surface area contributed by atoms with E-state index in [0.717, 1.165) is 18.5 Å². The van der Waals surface area contributed by atoms with Gasteiger partial charge in [0.05, 0.1) is 18.5 Å². The fourth-order valence-electron chi connectivity index (χ4n) is 9.13. The van der Waals surface area contributed by atoms with Crippen LogP contribution in [-0.2, 0) is 0 Å². The highest BCUT2D eigenvalue weighted by atomic mass is 31.2. The van der Waals surface area contributed by atoms with E-state index < -0.39 is 21.8 Å². The monoisotopic (exact) mass is 904 g/mol. The van der Waals surface area contributed by atoms with E-state index >= 15 is 0 Å². The molecule has 0 aliphatic rings. The maximum Gasteiger partial charge on any atom is 0.111 e. The summed E-state index contributed by atoms with van der Waals surface area (Å²) in [6.07, 6.45) is 3.43. The summed E-state index contributed by atoms with van der Waals surface area (Å²) in [5.74, 6) is 0. The highest BCUT2D eigenvalue weighted by molar-refractivity contribution is 7.96. The third-order valence-corrected chi connectivity index (χ3v) is 25.7. The van der Waals surface area contributed by atoms with Gasteiger partial charge in [0, 0.05) is 0 Å². The van der Waals surface area contributed by atoms with Crippen LogP contribution < -0.4 is 47.7 Å². The summed E-state index contributed by atoms with van der Waals surface area (Å²) >= 11 is 0. The van der Waals surface area contributed by atoms with Gasteiger partial charge in [0.15, 0.2) is 0 Å². The first kappa shape index (κ1) is 48.2. The molecule has 0 spiro atoms. The summed E-state index contributed by atoms with van der Waals surface area (Å²) in [4.78, 5) is 0. The van der Waals surface area contributed by atoms with Crippen LogP contribution in [0.15, 0.2) is 273 Å². The average Bonchev–Trinajstić information content (AvgIpc) is 3.39. The fourth-order valence-corrected chi connectivity index (χ4v) is 21.2. The lowest BCUT2D eigenvalue weighted by Crippen LogP contribution is -2.32. The van der Waals surface area contributed by atoms with E-state index in [4.69, 9.17) is 0 Å². The van der Waals surface area contributed by atoms with Gasteiger partial charge >= 0.3 is 0 Å². The minimum Gasteiger partial charge on any atom is -3.00 e. The maximum absolute atomic E-state index is 2.32. The highest BCUT2D eigenvalue weighted by Gasteiger charge is 2.45. The van der Waals surface area contributed by atoms with Crippen LogP contribution in [0.25, 0.3) is 0 Å². The number of hydrogen-bond donors (Lipinski definition) is 0. The molecule has 0 bridgehead atoms. The summed E-state index contributed by atoms with van der Waals surface area (Å²) in [7, 11) is -4.60. The Hall–Kier alpha value is -5.30. The number of rotatable bonds is 12. The van der Waals surface area contributed by atoms with Crippen molar-refractivity contribution in [3.8, 4) is 0 Å². The lowest BCUT2D eigenvalue weighted by Gasteiger charge is -3.00. The van der Waals surface area contributed by atoms with Crippen LogP contribution >= 0.6 is 31.7 Å². The zero-order valence-electron chi connectivity index (χ0n) is 37.4. The molecule has 0 fully saturated rings. The number of benzene rings is 9. The molecule has 0 saturated heterocycles. The molecule has 9 rings (SSSR count). The third-order valence-electron chi connectivity index (χ3n) is 12.2. The van der Waals surface area contributed by atoms with Crippen molar-refractivity contribution in [3.63, 3.8) is 0 Å². The normalized spacial score (nSPS) is 11.1. The Kier molecular flexibility index (Phi) is 18.1. The molecule has 9 aromatic carbocycles. The average molecular weight is 905 g/mol. The lowest BCUT2D eigenvalue weighted by atomic mass is 10.4. The first-order chi connectivity index (χ1) is 31.1. The standard InChI is InChI=1S/3C20H20P.P/c3*1-2-21(18-12-6-3-7-13-18,19-14-8-4-9-15-19)20-16-10-5-11-17-20;/h3*3-17H,2H2,1H3;/q3*+1;-3. The minimum atomic E-state index is -1.53. The molecule has 0 aliphatic heterocycles. The molecule has 9 aromatic rings. The van der Waals surface area contributed by atoms with Gasteiger partial charge in [0.25, 0.3) is 0 Å². The Labute approximate surface area is 389 Å². The van der Waals surface area contributed by atoms with Gasteiger partial charge in [-0.1, -0.05) is 164 Å². The van der Waals surface area contributed by atoms with Gasteiger partial charge < -0.3 is 9.90 Å². The van der Waals surface area contributed by atoms with Gasteiger partial charge in [-0.25, -0.2) is 0 Å². The second-order valence-electron chi connectivity index (χ2n) is 15.4. The third kappa shape index (κ3) is 10.5. The Morgan fingerprint density at radius 2 is 0.281 bits per heavy atom. The minimum absolute atomic E-state index is 0. The molecular weight excluding hydrogens is 845 g/mol. The second kappa shape index (κ2) is 24.1. The van der Waals surface area contributed by atoms with Crippen LogP contribution in [0, 0.1) is 0 Å². The largest absolute Gasteiger partial charge is 3.00 e. The van der Waals surface area contributed by atoms with Gasteiger partial charge in [0.2, 0.25) is 0 Å². The molecule has 0 radical (unpaired) electrons. The molecule has 0 amide bonds. The zero-order chi connectivity index (χ0) is 43.6. The van der Waals surface area contributed by atoms with E-state index in [9.17, 15) is 0 Å². The van der Waals surface area contributed by atoms with Crippen molar-refractivity contribution in [2.45, 2.75) is 20.8 Å². The Balaban J connectivity index is 0.000000158. The quantitative estimate of drug-likeness (QED) is 0.107. The summed E-state index contributed by atoms with van der Waals surface area (Å²) in [5, 5.41) is 13.2. The van der Waals surface area contributed by atoms with Gasteiger partial charge in [-0.2, -0.15) is 0 Å². The van der Waals surface area contributed by atoms with E-state index in [1.807, 2.05) is 0 Å². The van der Waals surface area contributed by atoms with Gasteiger partial charge in [0.1, 0.15) is 69.5 Å². The van der Waals surface area contributed by atoms with Crippen molar-refractivity contribution >= 4 is 79.4 Å². The summed E-state index contributed by atoms with van der Waals surface area (Å²) in [6, 6.07) is 99.0. The van der Waals surface area contributed by atoms with E-state index in [1.54, 1.807) is 0 Å². The lowest BCUT2D eigenvalue weighted by molar-refractivity contribution is 1.48. The first-order valence-electron chi connectivity index (χ1n) is 22.3. The fraction of sp³-hybridized carbons (Fsp3) is 0.100. The van der Waals surface area contributed by atoms with Gasteiger partial charge in [-0.3, -0.25) is 0 Å². The molecule has 0 nitrogen and oxygen atoms in total. The Bertz CT molecular complexity index is 2040. The van der Waals surface area contributed by atoms with Crippen molar-refractivity contribution in [1.29, 1.82) is 0 Å². The molecule has 0 heterocycles. The van der Waals surface area contributed by atoms with Crippen LogP contribution in [0.2, 0.25) is 0 Å². The van der Waals surface area contributed by atoms with Crippen LogP contribution in [0.3, 0.4) is 0 Å². The van der Waals surface area contributed by atoms with Crippen molar-refractivity contribution in [1.82, 2.24) is 0 Å². The Morgan fingerprint density at radius 1 is 0.188 bits per heavy atom. The molecular formula is C60H60P4. The molecule has 4 heteroatoms. The van der Waals surface area contributed by atoms with Gasteiger partial charge in [-0.15, -0.1) is 0 Å². The molecule has 0 N–H and O–H groups in total. The highest BCUT2D eigenvalue weighted by Crippen LogP contribution is 2.56. The second-order valence-corrected chi connectivity index (χ2v) is 26.8. The van der Waals surface area contributed by atoms with E-state index in [2.05, 4.69) is 294 Å². The Morgan fingerprint density at radius 3 is 0.359 bits per heavy atom. The number of hydrogen-bond acceptors (Lipinski definition) is 0. The summed E-state index contributed by atoms with van der Waals surface area (Å²) in [5.41, 5.74) is 0.